The van der Waals surface area contributed by atoms with Crippen LogP contribution in [0.25, 0.3) is 10.6 Å². The van der Waals surface area contributed by atoms with Crippen LogP contribution in [0, 0.1) is 10.1 Å². The van der Waals surface area contributed by atoms with Gasteiger partial charge in [0.25, 0.3) is 0 Å². The first-order chi connectivity index (χ1) is 8.11. The largest absolute Gasteiger partial charge is 0.490 e. The Bertz CT molecular complexity index is 572. The summed E-state index contributed by atoms with van der Waals surface area (Å²) in [6.07, 6.45) is 0. The second kappa shape index (κ2) is 4.64. The molecule has 0 bridgehead atoms. The molecule has 88 valence electrons. The summed E-state index contributed by atoms with van der Waals surface area (Å²) in [6.45, 7) is 0. The van der Waals surface area contributed by atoms with Crippen LogP contribution in [-0.2, 0) is 0 Å². The van der Waals surface area contributed by atoms with Crippen LogP contribution in [0.2, 0.25) is 4.47 Å². The van der Waals surface area contributed by atoms with Crippen LogP contribution in [0.3, 0.4) is 0 Å². The Morgan fingerprint density at radius 1 is 1.47 bits per heavy atom. The lowest BCUT2D eigenvalue weighted by atomic mass is 10.2. The third-order valence-electron chi connectivity index (χ3n) is 2.02. The highest BCUT2D eigenvalue weighted by Gasteiger charge is 2.16. The standard InChI is InChI=1S/C9H6ClN3O3S/c1-16-7-4-5(2-3-6(7)13(14)15)8-11-12-9(10)17-8/h2-4H,1H3. The molecule has 0 atom stereocenters. The van der Waals surface area contributed by atoms with Gasteiger partial charge in [0, 0.05) is 11.6 Å². The molecule has 0 spiro atoms. The van der Waals surface area contributed by atoms with Crippen molar-refractivity contribution in [3.63, 3.8) is 0 Å². The maximum atomic E-state index is 10.7. The summed E-state index contributed by atoms with van der Waals surface area (Å²) in [4.78, 5) is 10.2. The van der Waals surface area contributed by atoms with Gasteiger partial charge in [-0.3, -0.25) is 10.1 Å². The van der Waals surface area contributed by atoms with Gasteiger partial charge in [0.05, 0.1) is 12.0 Å². The van der Waals surface area contributed by atoms with Crippen LogP contribution in [0.15, 0.2) is 18.2 Å². The first-order valence-electron chi connectivity index (χ1n) is 4.43. The maximum Gasteiger partial charge on any atom is 0.310 e. The number of ether oxygens (including phenoxy) is 1. The Kier molecular flexibility index (Phi) is 3.21. The summed E-state index contributed by atoms with van der Waals surface area (Å²) in [6, 6.07) is 4.48. The van der Waals surface area contributed by atoms with Gasteiger partial charge in [-0.05, 0) is 23.7 Å². The molecular weight excluding hydrogens is 266 g/mol. The molecule has 0 fully saturated rings. The minimum absolute atomic E-state index is 0.0909. The number of nitro groups is 1. The highest BCUT2D eigenvalue weighted by atomic mass is 35.5. The molecule has 1 aromatic heterocycles. The second-order valence-electron chi connectivity index (χ2n) is 3.00. The number of nitro benzene ring substituents is 1. The third kappa shape index (κ3) is 2.34. The summed E-state index contributed by atoms with van der Waals surface area (Å²) in [7, 11) is 1.37. The highest BCUT2D eigenvalue weighted by molar-refractivity contribution is 7.18. The number of hydrogen-bond acceptors (Lipinski definition) is 6. The topological polar surface area (TPSA) is 78.2 Å². The van der Waals surface area contributed by atoms with Crippen molar-refractivity contribution >= 4 is 28.6 Å². The van der Waals surface area contributed by atoms with E-state index < -0.39 is 4.92 Å². The average Bonchev–Trinajstić information content (AvgIpc) is 2.75. The Labute approximate surface area is 105 Å². The quantitative estimate of drug-likeness (QED) is 0.633. The summed E-state index contributed by atoms with van der Waals surface area (Å²) >= 11 is 6.86. The molecule has 0 amide bonds. The molecule has 0 saturated heterocycles. The Balaban J connectivity index is 2.48. The number of hydrogen-bond donors (Lipinski definition) is 0. The van der Waals surface area contributed by atoms with Gasteiger partial charge in [-0.25, -0.2) is 0 Å². The molecule has 6 nitrogen and oxygen atoms in total. The van der Waals surface area contributed by atoms with Crippen molar-refractivity contribution in [3.8, 4) is 16.3 Å². The summed E-state index contributed by atoms with van der Waals surface area (Å²) in [5.41, 5.74) is 0.587. The SMILES string of the molecule is COc1cc(-c2nnc(Cl)s2)ccc1[N+](=O)[O-]. The van der Waals surface area contributed by atoms with Crippen LogP contribution in [0.5, 0.6) is 5.75 Å². The van der Waals surface area contributed by atoms with E-state index in [4.69, 9.17) is 16.3 Å². The van der Waals surface area contributed by atoms with Gasteiger partial charge in [-0.1, -0.05) is 11.3 Å². The van der Waals surface area contributed by atoms with Gasteiger partial charge in [-0.2, -0.15) is 0 Å². The van der Waals surface area contributed by atoms with E-state index in [-0.39, 0.29) is 11.4 Å². The van der Waals surface area contributed by atoms with Gasteiger partial charge < -0.3 is 4.74 Å². The Hall–Kier alpha value is -1.73. The van der Waals surface area contributed by atoms with Crippen molar-refractivity contribution in [2.75, 3.05) is 7.11 Å². The van der Waals surface area contributed by atoms with Crippen LogP contribution in [0.1, 0.15) is 0 Å². The van der Waals surface area contributed by atoms with E-state index >= 15 is 0 Å². The van der Waals surface area contributed by atoms with Crippen molar-refractivity contribution < 1.29 is 9.66 Å². The maximum absolute atomic E-state index is 10.7. The normalized spacial score (nSPS) is 10.2. The first kappa shape index (κ1) is 11.7. The van der Waals surface area contributed by atoms with Crippen molar-refractivity contribution in [2.45, 2.75) is 0 Å². The lowest BCUT2D eigenvalue weighted by Gasteiger charge is -2.02. The molecule has 1 aromatic carbocycles. The first-order valence-corrected chi connectivity index (χ1v) is 5.63. The van der Waals surface area contributed by atoms with Crippen LogP contribution in [-0.4, -0.2) is 22.2 Å². The molecule has 2 rings (SSSR count). The van der Waals surface area contributed by atoms with E-state index in [1.165, 1.54) is 30.6 Å². The van der Waals surface area contributed by atoms with Crippen molar-refractivity contribution in [1.29, 1.82) is 0 Å². The zero-order valence-corrected chi connectivity index (χ0v) is 10.2. The molecule has 2 aromatic rings. The monoisotopic (exact) mass is 271 g/mol. The van der Waals surface area contributed by atoms with Crippen molar-refractivity contribution in [3.05, 3.63) is 32.8 Å². The van der Waals surface area contributed by atoms with Gasteiger partial charge in [0.1, 0.15) is 5.01 Å². The van der Waals surface area contributed by atoms with Gasteiger partial charge in [-0.15, -0.1) is 10.2 Å². The molecule has 8 heteroatoms. The average molecular weight is 272 g/mol. The molecular formula is C9H6ClN3O3S. The zero-order chi connectivity index (χ0) is 12.4. The molecule has 17 heavy (non-hydrogen) atoms. The predicted molar refractivity (Wildman–Crippen MR) is 63.6 cm³/mol. The second-order valence-corrected chi connectivity index (χ2v) is 4.56. The number of benzene rings is 1. The molecule has 0 aliphatic heterocycles. The number of nitrogens with zero attached hydrogens (tertiary/aromatic N) is 3. The highest BCUT2D eigenvalue weighted by Crippen LogP contribution is 2.33. The summed E-state index contributed by atoms with van der Waals surface area (Å²) in [5.74, 6) is 0.179. The van der Waals surface area contributed by atoms with Gasteiger partial charge in [0.2, 0.25) is 4.47 Å². The molecule has 1 heterocycles. The fraction of sp³-hybridized carbons (Fsp3) is 0.111. The van der Waals surface area contributed by atoms with E-state index in [0.29, 0.717) is 15.0 Å². The smallest absolute Gasteiger partial charge is 0.310 e. The van der Waals surface area contributed by atoms with Gasteiger partial charge >= 0.3 is 5.69 Å². The molecule has 0 N–H and O–H groups in total. The fourth-order valence-corrected chi connectivity index (χ4v) is 2.11. The van der Waals surface area contributed by atoms with E-state index in [2.05, 4.69) is 10.2 Å². The van der Waals surface area contributed by atoms with E-state index in [1.54, 1.807) is 6.07 Å². The Morgan fingerprint density at radius 2 is 2.24 bits per heavy atom. The van der Waals surface area contributed by atoms with E-state index in [0.717, 1.165) is 0 Å². The minimum Gasteiger partial charge on any atom is -0.490 e. The van der Waals surface area contributed by atoms with Crippen LogP contribution in [0.4, 0.5) is 5.69 Å². The van der Waals surface area contributed by atoms with Gasteiger partial charge in [0.15, 0.2) is 5.75 Å². The lowest BCUT2D eigenvalue weighted by Crippen LogP contribution is -1.93. The molecule has 0 saturated carbocycles. The van der Waals surface area contributed by atoms with Crippen molar-refractivity contribution in [1.82, 2.24) is 10.2 Å². The molecule has 0 aliphatic rings. The molecule has 0 unspecified atom stereocenters. The van der Waals surface area contributed by atoms with Crippen molar-refractivity contribution in [2.24, 2.45) is 0 Å². The minimum atomic E-state index is -0.504. The Morgan fingerprint density at radius 3 is 2.76 bits per heavy atom. The fourth-order valence-electron chi connectivity index (χ4n) is 1.28. The summed E-state index contributed by atoms with van der Waals surface area (Å²) < 4.78 is 5.27. The lowest BCUT2D eigenvalue weighted by molar-refractivity contribution is -0.385. The zero-order valence-electron chi connectivity index (χ0n) is 8.58. The van der Waals surface area contributed by atoms with Crippen LogP contribution >= 0.6 is 22.9 Å². The van der Waals surface area contributed by atoms with E-state index in [9.17, 15) is 10.1 Å². The number of rotatable bonds is 3. The third-order valence-corrected chi connectivity index (χ3v) is 3.09. The van der Waals surface area contributed by atoms with E-state index in [1.807, 2.05) is 0 Å². The number of halogens is 1. The number of methoxy groups -OCH3 is 1. The molecule has 0 radical (unpaired) electrons. The molecule has 0 aliphatic carbocycles. The summed E-state index contributed by atoms with van der Waals surface area (Å²) in [5, 5.41) is 18.8. The predicted octanol–water partition coefficient (Wildman–Crippen LogP) is 2.78. The number of aromatic nitrogens is 2. The van der Waals surface area contributed by atoms with Crippen LogP contribution < -0.4 is 4.74 Å².